The molecule has 0 saturated carbocycles. The largest absolute Gasteiger partial charge is 0.493 e. The van der Waals surface area contributed by atoms with Gasteiger partial charge in [0.25, 0.3) is 0 Å². The van der Waals surface area contributed by atoms with E-state index in [0.29, 0.717) is 25.1 Å². The minimum absolute atomic E-state index is 0.477. The second-order valence-electron chi connectivity index (χ2n) is 9.05. The highest BCUT2D eigenvalue weighted by Crippen LogP contribution is 2.23. The van der Waals surface area contributed by atoms with E-state index in [4.69, 9.17) is 14.5 Å². The lowest BCUT2D eigenvalue weighted by Gasteiger charge is -2.37. The Bertz CT molecular complexity index is 712. The maximum atomic E-state index is 6.19. The summed E-state index contributed by atoms with van der Waals surface area (Å²) in [7, 11) is 0. The smallest absolute Gasteiger partial charge is 0.191 e. The predicted octanol–water partition coefficient (Wildman–Crippen LogP) is 2.49. The number of rotatable bonds is 10. The highest BCUT2D eigenvalue weighted by Gasteiger charge is 2.20. The lowest BCUT2D eigenvalue weighted by atomic mass is 10.1. The highest BCUT2D eigenvalue weighted by atomic mass is 16.5. The summed E-state index contributed by atoms with van der Waals surface area (Å²) in [6.07, 6.45) is 1.08. The molecule has 32 heavy (non-hydrogen) atoms. The molecular weight excluding hydrogens is 402 g/mol. The van der Waals surface area contributed by atoms with Crippen molar-refractivity contribution in [2.24, 2.45) is 10.9 Å². The molecule has 0 amide bonds. The molecule has 1 aromatic rings. The Morgan fingerprint density at radius 2 is 2.03 bits per heavy atom. The molecule has 0 aliphatic carbocycles. The van der Waals surface area contributed by atoms with Crippen molar-refractivity contribution in [2.45, 2.75) is 46.7 Å². The molecule has 0 bridgehead atoms. The molecule has 1 aromatic carbocycles. The van der Waals surface area contributed by atoms with E-state index in [9.17, 15) is 0 Å². The van der Waals surface area contributed by atoms with Crippen LogP contribution in [0.2, 0.25) is 0 Å². The second-order valence-corrected chi connectivity index (χ2v) is 9.05. The average molecular weight is 446 g/mol. The van der Waals surface area contributed by atoms with Crippen molar-refractivity contribution in [3.63, 3.8) is 0 Å². The number of likely N-dealkylation sites (N-methyl/N-ethyl adjacent to an activating group) is 1. The number of nitrogens with one attached hydrogen (secondary N) is 2. The Morgan fingerprint density at radius 1 is 1.22 bits per heavy atom. The summed E-state index contributed by atoms with van der Waals surface area (Å²) < 4.78 is 11.7. The van der Waals surface area contributed by atoms with E-state index in [1.165, 1.54) is 5.56 Å². The molecule has 3 rings (SSSR count). The first-order valence-corrected chi connectivity index (χ1v) is 12.4. The molecule has 0 radical (unpaired) electrons. The van der Waals surface area contributed by atoms with Crippen LogP contribution in [0.4, 0.5) is 0 Å². The monoisotopic (exact) mass is 445 g/mol. The van der Waals surface area contributed by atoms with Gasteiger partial charge >= 0.3 is 0 Å². The van der Waals surface area contributed by atoms with Crippen LogP contribution >= 0.6 is 0 Å². The van der Waals surface area contributed by atoms with E-state index < -0.39 is 0 Å². The lowest BCUT2D eigenvalue weighted by Crippen LogP contribution is -2.53. The molecule has 7 nitrogen and oxygen atoms in total. The first-order valence-electron chi connectivity index (χ1n) is 12.4. The van der Waals surface area contributed by atoms with Crippen LogP contribution in [0.15, 0.2) is 23.2 Å². The zero-order chi connectivity index (χ0) is 22.8. The number of ether oxygens (including phenoxy) is 2. The number of aryl methyl sites for hydroxylation is 1. The van der Waals surface area contributed by atoms with Crippen molar-refractivity contribution in [3.05, 3.63) is 29.3 Å². The van der Waals surface area contributed by atoms with E-state index in [0.717, 1.165) is 82.7 Å². The van der Waals surface area contributed by atoms with Gasteiger partial charge in [0, 0.05) is 63.4 Å². The number of piperazine rings is 1. The van der Waals surface area contributed by atoms with Crippen molar-refractivity contribution >= 4 is 5.96 Å². The summed E-state index contributed by atoms with van der Waals surface area (Å²) in [5.41, 5.74) is 2.33. The topological polar surface area (TPSA) is 61.4 Å². The van der Waals surface area contributed by atoms with Gasteiger partial charge in [-0.25, -0.2) is 4.99 Å². The van der Waals surface area contributed by atoms with Gasteiger partial charge < -0.3 is 25.0 Å². The standard InChI is InChI=1S/C25H43N5O2/c1-5-26-25(27-16-21(4)30-12-10-29(6-2)11-13-30)28-17-23-8-7-20(3)15-24(23)32-19-22-9-14-31-18-22/h7-8,15,21-22H,5-6,9-14,16-19H2,1-4H3,(H2,26,27,28). The van der Waals surface area contributed by atoms with Crippen LogP contribution < -0.4 is 15.4 Å². The van der Waals surface area contributed by atoms with Crippen LogP contribution in [-0.2, 0) is 11.3 Å². The van der Waals surface area contributed by atoms with E-state index in [-0.39, 0.29) is 0 Å². The Kier molecular flexibility index (Phi) is 10.1. The van der Waals surface area contributed by atoms with Gasteiger partial charge in [0.1, 0.15) is 5.75 Å². The van der Waals surface area contributed by atoms with Crippen LogP contribution in [0.25, 0.3) is 0 Å². The van der Waals surface area contributed by atoms with Crippen LogP contribution in [0.1, 0.15) is 38.3 Å². The normalized spacial score (nSPS) is 21.5. The number of nitrogens with zero attached hydrogens (tertiary/aromatic N) is 3. The van der Waals surface area contributed by atoms with E-state index in [2.05, 4.69) is 66.3 Å². The lowest BCUT2D eigenvalue weighted by molar-refractivity contribution is 0.107. The van der Waals surface area contributed by atoms with Gasteiger partial charge in [-0.2, -0.15) is 0 Å². The van der Waals surface area contributed by atoms with Crippen molar-refractivity contribution in [3.8, 4) is 5.75 Å². The number of benzene rings is 1. The van der Waals surface area contributed by atoms with Crippen LogP contribution in [0, 0.1) is 12.8 Å². The predicted molar refractivity (Wildman–Crippen MR) is 132 cm³/mol. The van der Waals surface area contributed by atoms with E-state index in [1.807, 2.05) is 0 Å². The van der Waals surface area contributed by atoms with Gasteiger partial charge in [-0.15, -0.1) is 0 Å². The molecule has 2 saturated heterocycles. The van der Waals surface area contributed by atoms with E-state index in [1.54, 1.807) is 0 Å². The van der Waals surface area contributed by atoms with Crippen LogP contribution in [0.5, 0.6) is 5.75 Å². The Balaban J connectivity index is 1.54. The molecule has 2 atom stereocenters. The van der Waals surface area contributed by atoms with Gasteiger partial charge in [-0.1, -0.05) is 19.1 Å². The van der Waals surface area contributed by atoms with Crippen molar-refractivity contribution < 1.29 is 9.47 Å². The molecule has 2 heterocycles. The van der Waals surface area contributed by atoms with Crippen LogP contribution in [-0.4, -0.2) is 87.4 Å². The van der Waals surface area contributed by atoms with Crippen molar-refractivity contribution in [2.75, 3.05) is 65.6 Å². The molecule has 0 spiro atoms. The summed E-state index contributed by atoms with van der Waals surface area (Å²) in [6, 6.07) is 6.87. The van der Waals surface area contributed by atoms with Gasteiger partial charge in [-0.05, 0) is 45.4 Å². The van der Waals surface area contributed by atoms with Gasteiger partial charge in [0.15, 0.2) is 5.96 Å². The zero-order valence-electron chi connectivity index (χ0n) is 20.5. The van der Waals surface area contributed by atoms with Crippen molar-refractivity contribution in [1.82, 2.24) is 20.4 Å². The van der Waals surface area contributed by atoms with Crippen LogP contribution in [0.3, 0.4) is 0 Å². The fourth-order valence-electron chi connectivity index (χ4n) is 4.25. The average Bonchev–Trinajstić information content (AvgIpc) is 3.34. The summed E-state index contributed by atoms with van der Waals surface area (Å²) in [4.78, 5) is 9.95. The molecule has 2 aliphatic heterocycles. The quantitative estimate of drug-likeness (QED) is 0.426. The molecule has 180 valence electrons. The third-order valence-corrected chi connectivity index (χ3v) is 6.52. The molecule has 7 heteroatoms. The fraction of sp³-hybridized carbons (Fsp3) is 0.720. The molecule has 2 unspecified atom stereocenters. The Labute approximate surface area is 194 Å². The molecule has 2 N–H and O–H groups in total. The molecule has 2 fully saturated rings. The highest BCUT2D eigenvalue weighted by molar-refractivity contribution is 5.79. The zero-order valence-corrected chi connectivity index (χ0v) is 20.5. The summed E-state index contributed by atoms with van der Waals surface area (Å²) in [5.74, 6) is 2.30. The van der Waals surface area contributed by atoms with Gasteiger partial charge in [-0.3, -0.25) is 4.90 Å². The minimum atomic E-state index is 0.477. The number of guanidine groups is 1. The first-order chi connectivity index (χ1) is 15.6. The number of hydrogen-bond acceptors (Lipinski definition) is 5. The summed E-state index contributed by atoms with van der Waals surface area (Å²) in [5, 5.41) is 6.94. The fourth-order valence-corrected chi connectivity index (χ4v) is 4.25. The van der Waals surface area contributed by atoms with Gasteiger partial charge in [0.05, 0.1) is 19.8 Å². The second kappa shape index (κ2) is 13.0. The maximum Gasteiger partial charge on any atom is 0.191 e. The third-order valence-electron chi connectivity index (χ3n) is 6.52. The third kappa shape index (κ3) is 7.64. The van der Waals surface area contributed by atoms with Gasteiger partial charge in [0.2, 0.25) is 0 Å². The first kappa shape index (κ1) is 24.8. The van der Waals surface area contributed by atoms with Crippen molar-refractivity contribution in [1.29, 1.82) is 0 Å². The maximum absolute atomic E-state index is 6.19. The molecule has 2 aliphatic rings. The number of aliphatic imine (C=N–C) groups is 1. The summed E-state index contributed by atoms with van der Waals surface area (Å²) >= 11 is 0. The van der Waals surface area contributed by atoms with E-state index >= 15 is 0 Å². The Morgan fingerprint density at radius 3 is 2.72 bits per heavy atom. The number of hydrogen-bond donors (Lipinski definition) is 2. The SMILES string of the molecule is CCNC(=NCc1ccc(C)cc1OCC1CCOC1)NCC(C)N1CCN(CC)CC1. The summed E-state index contributed by atoms with van der Waals surface area (Å²) in [6.45, 7) is 19.2. The molecule has 0 aromatic heterocycles. The molecular formula is C25H43N5O2. The Hall–Kier alpha value is -1.83. The minimum Gasteiger partial charge on any atom is -0.493 e.